The molecule has 5 heteroatoms. The molecule has 2 rings (SSSR count). The van der Waals surface area contributed by atoms with Gasteiger partial charge in [0.25, 0.3) is 0 Å². The Morgan fingerprint density at radius 2 is 1.93 bits per heavy atom. The second kappa shape index (κ2) is 4.00. The smallest absolute Gasteiger partial charge is 0.127 e. The van der Waals surface area contributed by atoms with Crippen molar-refractivity contribution in [2.45, 2.75) is 6.92 Å². The first-order valence-corrected chi connectivity index (χ1v) is 5.48. The highest BCUT2D eigenvalue weighted by atomic mass is 35.5. The Balaban J connectivity index is 2.59. The number of hydrogen-bond donors (Lipinski definition) is 1. The summed E-state index contributed by atoms with van der Waals surface area (Å²) in [6.45, 7) is 1.95. The van der Waals surface area contributed by atoms with Gasteiger partial charge in [0.1, 0.15) is 4.64 Å². The summed E-state index contributed by atoms with van der Waals surface area (Å²) in [5.74, 6) is 0. The first-order valence-electron chi connectivity index (χ1n) is 4.32. The molecule has 2 aromatic rings. The third kappa shape index (κ3) is 2.09. The fourth-order valence-corrected chi connectivity index (χ4v) is 1.95. The number of halogens is 2. The minimum Gasteiger partial charge on any atom is -0.297 e. The van der Waals surface area contributed by atoms with E-state index in [1.165, 1.54) is 0 Å². The van der Waals surface area contributed by atoms with Crippen molar-refractivity contribution in [3.05, 3.63) is 44.6 Å². The zero-order valence-electron chi connectivity index (χ0n) is 7.92. The number of nitrogens with zero attached hydrogens (tertiary/aromatic N) is 1. The molecule has 1 N–H and O–H groups in total. The first kappa shape index (κ1) is 10.7. The average Bonchev–Trinajstić information content (AvgIpc) is 2.50. The van der Waals surface area contributed by atoms with Crippen LogP contribution < -0.4 is 0 Å². The molecule has 0 amide bonds. The van der Waals surface area contributed by atoms with E-state index >= 15 is 0 Å². The Morgan fingerprint density at radius 1 is 1.20 bits per heavy atom. The lowest BCUT2D eigenvalue weighted by Crippen LogP contribution is -1.96. The van der Waals surface area contributed by atoms with Crippen LogP contribution in [0, 0.1) is 11.6 Å². The van der Waals surface area contributed by atoms with Crippen LogP contribution in [0.4, 0.5) is 0 Å². The summed E-state index contributed by atoms with van der Waals surface area (Å²) < 4.78 is 2.50. The minimum absolute atomic E-state index is 0.517. The molecule has 15 heavy (non-hydrogen) atoms. The van der Waals surface area contributed by atoms with Crippen LogP contribution in [0.3, 0.4) is 0 Å². The summed E-state index contributed by atoms with van der Waals surface area (Å²) in [7, 11) is 0. The van der Waals surface area contributed by atoms with Crippen LogP contribution in [0.15, 0.2) is 24.3 Å². The molecule has 0 aliphatic carbocycles. The van der Waals surface area contributed by atoms with E-state index < -0.39 is 0 Å². The number of aryl methyl sites for hydroxylation is 1. The molecule has 78 valence electrons. The Bertz CT molecular complexity index is 557. The summed E-state index contributed by atoms with van der Waals surface area (Å²) in [6.07, 6.45) is 0. The molecule has 0 saturated carbocycles. The largest absolute Gasteiger partial charge is 0.297 e. The maximum absolute atomic E-state index is 5.93. The highest BCUT2D eigenvalue weighted by Crippen LogP contribution is 2.24. The number of benzene rings is 1. The van der Waals surface area contributed by atoms with Crippen molar-refractivity contribution in [2.24, 2.45) is 0 Å². The summed E-state index contributed by atoms with van der Waals surface area (Å²) >= 11 is 17.0. The normalized spacial score (nSPS) is 10.6. The lowest BCUT2D eigenvalue weighted by Gasteiger charge is -2.04. The minimum atomic E-state index is 0.517. The number of hydrogen-bond acceptors (Lipinski definition) is 1. The van der Waals surface area contributed by atoms with Crippen LogP contribution in [0.5, 0.6) is 0 Å². The van der Waals surface area contributed by atoms with E-state index in [-0.39, 0.29) is 0 Å². The highest BCUT2D eigenvalue weighted by molar-refractivity contribution is 7.71. The molecule has 1 heterocycles. The number of H-pyrrole nitrogens is 1. The van der Waals surface area contributed by atoms with Crippen molar-refractivity contribution < 1.29 is 0 Å². The Morgan fingerprint density at radius 3 is 2.47 bits per heavy atom. The van der Waals surface area contributed by atoms with Crippen LogP contribution in [0.1, 0.15) is 5.69 Å². The van der Waals surface area contributed by atoms with E-state index in [0.29, 0.717) is 14.7 Å². The quantitative estimate of drug-likeness (QED) is 0.763. The molecule has 0 bridgehead atoms. The number of nitrogens with one attached hydrogen (secondary N) is 1. The third-order valence-electron chi connectivity index (χ3n) is 2.01. The molecule has 0 saturated heterocycles. The van der Waals surface area contributed by atoms with Gasteiger partial charge in [-0.1, -0.05) is 35.4 Å². The maximum Gasteiger partial charge on any atom is 0.127 e. The molecular weight excluding hydrogens is 251 g/mol. The van der Waals surface area contributed by atoms with Gasteiger partial charge in [-0.05, 0) is 31.2 Å². The second-order valence-corrected chi connectivity index (χ2v) is 4.44. The van der Waals surface area contributed by atoms with Crippen LogP contribution in [-0.2, 0) is 0 Å². The lowest BCUT2D eigenvalue weighted by atomic mass is 10.3. The zero-order valence-corrected chi connectivity index (χ0v) is 10.2. The van der Waals surface area contributed by atoms with Gasteiger partial charge < -0.3 is 0 Å². The fraction of sp³-hybridized carbons (Fsp3) is 0.100. The van der Waals surface area contributed by atoms with Crippen molar-refractivity contribution in [1.82, 2.24) is 9.78 Å². The first-order chi connectivity index (χ1) is 7.08. The maximum atomic E-state index is 5.93. The molecule has 0 radical (unpaired) electrons. The van der Waals surface area contributed by atoms with E-state index in [1.54, 1.807) is 16.8 Å². The molecule has 0 unspecified atom stereocenters. The van der Waals surface area contributed by atoms with Crippen molar-refractivity contribution in [3.8, 4) is 5.69 Å². The predicted molar refractivity (Wildman–Crippen MR) is 65.7 cm³/mol. The van der Waals surface area contributed by atoms with Gasteiger partial charge in [-0.3, -0.25) is 5.10 Å². The second-order valence-electron chi connectivity index (χ2n) is 3.21. The predicted octanol–water partition coefficient (Wildman–Crippen LogP) is 4.15. The average molecular weight is 259 g/mol. The topological polar surface area (TPSA) is 20.7 Å². The van der Waals surface area contributed by atoms with Gasteiger partial charge in [0.05, 0.1) is 15.7 Å². The molecule has 0 atom stereocenters. The van der Waals surface area contributed by atoms with Gasteiger partial charge in [-0.25, -0.2) is 4.68 Å². The number of aromatic amines is 1. The van der Waals surface area contributed by atoms with Crippen molar-refractivity contribution in [3.63, 3.8) is 0 Å². The molecule has 0 fully saturated rings. The molecule has 0 aliphatic heterocycles. The van der Waals surface area contributed by atoms with Crippen LogP contribution >= 0.6 is 35.4 Å². The highest BCUT2D eigenvalue weighted by Gasteiger charge is 2.03. The van der Waals surface area contributed by atoms with E-state index in [1.807, 2.05) is 19.1 Å². The standard InChI is InChI=1S/C10H8Cl2N2S/c1-6-4-10(15)14(13-6)7-2-3-8(11)9(12)5-7/h2-5,13H,1H3. The SMILES string of the molecule is Cc1cc(=S)n(-c2ccc(Cl)c(Cl)c2)[nH]1. The summed E-state index contributed by atoms with van der Waals surface area (Å²) in [4.78, 5) is 0. The van der Waals surface area contributed by atoms with Crippen molar-refractivity contribution >= 4 is 35.4 Å². The number of rotatable bonds is 1. The van der Waals surface area contributed by atoms with Crippen LogP contribution in [0.25, 0.3) is 5.69 Å². The van der Waals surface area contributed by atoms with Crippen molar-refractivity contribution in [2.75, 3.05) is 0 Å². The summed E-state index contributed by atoms with van der Waals surface area (Å²) in [6, 6.07) is 7.27. The van der Waals surface area contributed by atoms with Gasteiger partial charge in [-0.2, -0.15) is 0 Å². The van der Waals surface area contributed by atoms with E-state index in [9.17, 15) is 0 Å². The monoisotopic (exact) mass is 258 g/mol. The Kier molecular flexibility index (Phi) is 2.87. The number of aromatic nitrogens is 2. The third-order valence-corrected chi connectivity index (χ3v) is 3.05. The molecule has 1 aromatic carbocycles. The van der Waals surface area contributed by atoms with Gasteiger partial charge in [0.15, 0.2) is 0 Å². The Labute approximate surface area is 102 Å². The van der Waals surface area contributed by atoms with Gasteiger partial charge in [0.2, 0.25) is 0 Å². The van der Waals surface area contributed by atoms with Crippen LogP contribution in [0.2, 0.25) is 10.0 Å². The summed E-state index contributed by atoms with van der Waals surface area (Å²) in [5.41, 5.74) is 1.88. The van der Waals surface area contributed by atoms with Gasteiger partial charge in [0, 0.05) is 5.69 Å². The fourth-order valence-electron chi connectivity index (χ4n) is 1.33. The molecular formula is C10H8Cl2N2S. The molecule has 0 aliphatic rings. The lowest BCUT2D eigenvalue weighted by molar-refractivity contribution is 0.853. The summed E-state index contributed by atoms with van der Waals surface area (Å²) in [5, 5.41) is 4.17. The van der Waals surface area contributed by atoms with Gasteiger partial charge in [-0.15, -0.1) is 0 Å². The van der Waals surface area contributed by atoms with E-state index in [2.05, 4.69) is 5.10 Å². The van der Waals surface area contributed by atoms with E-state index in [0.717, 1.165) is 11.4 Å². The molecule has 1 aromatic heterocycles. The molecule has 0 spiro atoms. The Hall–Kier alpha value is -0.770. The molecule has 2 nitrogen and oxygen atoms in total. The van der Waals surface area contributed by atoms with Gasteiger partial charge >= 0.3 is 0 Å². The van der Waals surface area contributed by atoms with E-state index in [4.69, 9.17) is 35.4 Å². The van der Waals surface area contributed by atoms with Crippen LogP contribution in [-0.4, -0.2) is 9.78 Å². The zero-order chi connectivity index (χ0) is 11.0. The van der Waals surface area contributed by atoms with Crippen molar-refractivity contribution in [1.29, 1.82) is 0 Å².